The van der Waals surface area contributed by atoms with Gasteiger partial charge in [0.1, 0.15) is 5.78 Å². The topological polar surface area (TPSA) is 72.2 Å². The van der Waals surface area contributed by atoms with Gasteiger partial charge in [-0.05, 0) is 68.6 Å². The third-order valence-electron chi connectivity index (χ3n) is 5.53. The largest absolute Gasteiger partial charge is 0.348 e. The Bertz CT molecular complexity index is 366. The molecule has 1 unspecified atom stereocenters. The van der Waals surface area contributed by atoms with E-state index in [1.54, 1.807) is 0 Å². The van der Waals surface area contributed by atoms with Crippen molar-refractivity contribution in [1.82, 2.24) is 5.32 Å². The van der Waals surface area contributed by atoms with Gasteiger partial charge in [0.25, 0.3) is 0 Å². The van der Waals surface area contributed by atoms with Gasteiger partial charge in [-0.2, -0.15) is 0 Å². The molecule has 4 rings (SSSR count). The van der Waals surface area contributed by atoms with E-state index in [9.17, 15) is 9.59 Å². The predicted octanol–water partition coefficient (Wildman–Crippen LogP) is 1.09. The summed E-state index contributed by atoms with van der Waals surface area (Å²) in [5.74, 6) is 3.28. The minimum Gasteiger partial charge on any atom is -0.348 e. The normalized spacial score (nSPS) is 41.1. The van der Waals surface area contributed by atoms with Crippen LogP contribution in [0.15, 0.2) is 0 Å². The molecule has 19 heavy (non-hydrogen) atoms. The molecule has 4 fully saturated rings. The van der Waals surface area contributed by atoms with E-state index in [-0.39, 0.29) is 18.2 Å². The van der Waals surface area contributed by atoms with Gasteiger partial charge < -0.3 is 11.1 Å². The molecule has 4 nitrogen and oxygen atoms in total. The number of Topliss-reactive ketones (excluding diaryl/α,β-unsaturated/α-hetero) is 1. The summed E-state index contributed by atoms with van der Waals surface area (Å²) in [5, 5.41) is 2.68. The van der Waals surface area contributed by atoms with Gasteiger partial charge >= 0.3 is 0 Å². The Kier molecular flexibility index (Phi) is 3.37. The molecule has 0 aliphatic heterocycles. The van der Waals surface area contributed by atoms with Crippen LogP contribution in [0.25, 0.3) is 0 Å². The van der Waals surface area contributed by atoms with Crippen LogP contribution in [0.5, 0.6) is 0 Å². The zero-order valence-electron chi connectivity index (χ0n) is 11.6. The highest BCUT2D eigenvalue weighted by atomic mass is 16.2. The Labute approximate surface area is 114 Å². The van der Waals surface area contributed by atoms with E-state index in [4.69, 9.17) is 5.73 Å². The molecule has 0 radical (unpaired) electrons. The molecule has 106 valence electrons. The van der Waals surface area contributed by atoms with Crippen molar-refractivity contribution in [3.63, 3.8) is 0 Å². The van der Waals surface area contributed by atoms with E-state index in [0.29, 0.717) is 17.8 Å². The second-order valence-corrected chi connectivity index (χ2v) is 6.95. The van der Waals surface area contributed by atoms with Gasteiger partial charge in [-0.3, -0.25) is 9.59 Å². The molecule has 4 aliphatic rings. The highest BCUT2D eigenvalue weighted by Crippen LogP contribution is 2.57. The van der Waals surface area contributed by atoms with Gasteiger partial charge in [0, 0.05) is 0 Å². The smallest absolute Gasteiger partial charge is 0.237 e. The molecule has 0 aromatic carbocycles. The Morgan fingerprint density at radius 3 is 2.11 bits per heavy atom. The van der Waals surface area contributed by atoms with Crippen molar-refractivity contribution in [3.05, 3.63) is 0 Å². The van der Waals surface area contributed by atoms with Crippen molar-refractivity contribution in [3.8, 4) is 0 Å². The molecular weight excluding hydrogens is 240 g/mol. The maximum atomic E-state index is 12.1. The molecule has 0 saturated heterocycles. The first-order valence-corrected chi connectivity index (χ1v) is 7.57. The number of ketones is 1. The van der Waals surface area contributed by atoms with Crippen LogP contribution in [-0.2, 0) is 9.59 Å². The number of rotatable bonds is 4. The fourth-order valence-corrected chi connectivity index (χ4v) is 5.06. The predicted molar refractivity (Wildman–Crippen MR) is 72.2 cm³/mol. The van der Waals surface area contributed by atoms with Crippen molar-refractivity contribution in [2.45, 2.75) is 45.1 Å². The number of nitrogens with two attached hydrogens (primary N) is 1. The van der Waals surface area contributed by atoms with Crippen molar-refractivity contribution in [1.29, 1.82) is 0 Å². The third-order valence-corrected chi connectivity index (χ3v) is 5.53. The first-order valence-electron chi connectivity index (χ1n) is 7.57. The lowest BCUT2D eigenvalue weighted by atomic mass is 9.50. The van der Waals surface area contributed by atoms with Crippen molar-refractivity contribution in [2.24, 2.45) is 35.3 Å². The summed E-state index contributed by atoms with van der Waals surface area (Å²) >= 11 is 0. The van der Waals surface area contributed by atoms with Crippen LogP contribution in [-0.4, -0.2) is 24.3 Å². The number of amides is 1. The molecular formula is C15H24N2O2. The monoisotopic (exact) mass is 264 g/mol. The van der Waals surface area contributed by atoms with Crippen LogP contribution in [0.4, 0.5) is 0 Å². The molecule has 0 aromatic heterocycles. The third kappa shape index (κ3) is 2.42. The quantitative estimate of drug-likeness (QED) is 0.798. The van der Waals surface area contributed by atoms with Crippen LogP contribution >= 0.6 is 0 Å². The van der Waals surface area contributed by atoms with E-state index in [1.807, 2.05) is 0 Å². The number of carbonyl (C=O) groups excluding carboxylic acids is 2. The lowest BCUT2D eigenvalue weighted by Gasteiger charge is -2.55. The van der Waals surface area contributed by atoms with Crippen molar-refractivity contribution < 1.29 is 9.59 Å². The van der Waals surface area contributed by atoms with E-state index >= 15 is 0 Å². The summed E-state index contributed by atoms with van der Waals surface area (Å²) in [4.78, 5) is 23.0. The fourth-order valence-electron chi connectivity index (χ4n) is 5.06. The molecule has 4 aliphatic carbocycles. The molecule has 4 bridgehead atoms. The van der Waals surface area contributed by atoms with Crippen molar-refractivity contribution >= 4 is 11.7 Å². The van der Waals surface area contributed by atoms with Crippen LogP contribution in [0.2, 0.25) is 0 Å². The number of hydrogen-bond donors (Lipinski definition) is 2. The molecule has 0 spiro atoms. The summed E-state index contributed by atoms with van der Waals surface area (Å²) in [7, 11) is 0. The van der Waals surface area contributed by atoms with Gasteiger partial charge in [-0.15, -0.1) is 0 Å². The van der Waals surface area contributed by atoms with Gasteiger partial charge in [-0.25, -0.2) is 0 Å². The fraction of sp³-hybridized carbons (Fsp3) is 0.867. The molecule has 3 N–H and O–H groups in total. The molecule has 0 aromatic rings. The Balaban J connectivity index is 1.65. The summed E-state index contributed by atoms with van der Waals surface area (Å²) in [5.41, 5.74) is 6.21. The Hall–Kier alpha value is -0.900. The Morgan fingerprint density at radius 2 is 1.63 bits per heavy atom. The van der Waals surface area contributed by atoms with Gasteiger partial charge in [0.15, 0.2) is 0 Å². The van der Waals surface area contributed by atoms with Crippen LogP contribution in [0.3, 0.4) is 0 Å². The molecule has 0 heterocycles. The lowest BCUT2D eigenvalue weighted by molar-refractivity contribution is -0.130. The average Bonchev–Trinajstić information content (AvgIpc) is 2.34. The van der Waals surface area contributed by atoms with Crippen molar-refractivity contribution in [2.75, 3.05) is 6.54 Å². The van der Waals surface area contributed by atoms with E-state index in [1.165, 1.54) is 39.0 Å². The van der Waals surface area contributed by atoms with Crippen LogP contribution in [0.1, 0.15) is 39.0 Å². The molecule has 4 heteroatoms. The standard InChI is InChI=1S/C15H24N2O2/c1-8(18)7-17-15(19)14(16)13-11-3-9-2-10(5-11)6-12(13)4-9/h9-14H,2-7,16H2,1H3,(H,17,19). The Morgan fingerprint density at radius 1 is 1.11 bits per heavy atom. The average molecular weight is 264 g/mol. The second-order valence-electron chi connectivity index (χ2n) is 6.95. The summed E-state index contributed by atoms with van der Waals surface area (Å²) in [6, 6.07) is -0.422. The minimum atomic E-state index is -0.422. The SMILES string of the molecule is CC(=O)CNC(=O)C(N)C1C2CC3CC(C2)CC1C3. The van der Waals surface area contributed by atoms with E-state index in [0.717, 1.165) is 11.8 Å². The zero-order valence-corrected chi connectivity index (χ0v) is 11.6. The molecule has 1 atom stereocenters. The molecule has 4 saturated carbocycles. The number of nitrogens with one attached hydrogen (secondary N) is 1. The number of hydrogen-bond acceptors (Lipinski definition) is 3. The van der Waals surface area contributed by atoms with Gasteiger partial charge in [-0.1, -0.05) is 0 Å². The lowest BCUT2D eigenvalue weighted by Crippen LogP contribution is -2.56. The second kappa shape index (κ2) is 4.89. The van der Waals surface area contributed by atoms with Gasteiger partial charge in [0.05, 0.1) is 12.6 Å². The minimum absolute atomic E-state index is 0.0226. The van der Waals surface area contributed by atoms with E-state index < -0.39 is 6.04 Å². The highest BCUT2D eigenvalue weighted by molar-refractivity contribution is 5.87. The summed E-state index contributed by atoms with van der Waals surface area (Å²) in [6.07, 6.45) is 6.49. The highest BCUT2D eigenvalue weighted by Gasteiger charge is 2.51. The number of carbonyl (C=O) groups is 2. The first-order chi connectivity index (χ1) is 9.04. The van der Waals surface area contributed by atoms with E-state index in [2.05, 4.69) is 5.32 Å². The zero-order chi connectivity index (χ0) is 13.6. The summed E-state index contributed by atoms with van der Waals surface area (Å²) in [6.45, 7) is 1.59. The van der Waals surface area contributed by atoms with Crippen LogP contribution < -0.4 is 11.1 Å². The maximum Gasteiger partial charge on any atom is 0.237 e. The molecule has 1 amide bonds. The first kappa shape index (κ1) is 13.1. The van der Waals surface area contributed by atoms with Gasteiger partial charge in [0.2, 0.25) is 5.91 Å². The maximum absolute atomic E-state index is 12.1. The summed E-state index contributed by atoms with van der Waals surface area (Å²) < 4.78 is 0. The van der Waals surface area contributed by atoms with Crippen LogP contribution in [0, 0.1) is 29.6 Å².